The standard InChI is InChI=1S/C14H23NO4/c1-9(16)10-5-7-15(8-6-10)13(17)11-3-2-4-12(11)14(18)19/h9-12,16H,2-8H2,1H3,(H,18,19). The number of rotatable bonds is 3. The summed E-state index contributed by atoms with van der Waals surface area (Å²) in [4.78, 5) is 25.3. The molecule has 1 aliphatic carbocycles. The maximum Gasteiger partial charge on any atom is 0.307 e. The maximum atomic E-state index is 12.4. The van der Waals surface area contributed by atoms with E-state index in [1.165, 1.54) is 0 Å². The van der Waals surface area contributed by atoms with E-state index in [-0.39, 0.29) is 23.8 Å². The van der Waals surface area contributed by atoms with Crippen LogP contribution in [0.1, 0.15) is 39.0 Å². The zero-order chi connectivity index (χ0) is 14.0. The predicted molar refractivity (Wildman–Crippen MR) is 69.5 cm³/mol. The topological polar surface area (TPSA) is 77.8 Å². The summed E-state index contributed by atoms with van der Waals surface area (Å²) in [6, 6.07) is 0. The molecule has 1 amide bonds. The Kier molecular flexibility index (Phi) is 4.45. The van der Waals surface area contributed by atoms with E-state index in [0.717, 1.165) is 19.3 Å². The molecule has 1 heterocycles. The summed E-state index contributed by atoms with van der Waals surface area (Å²) >= 11 is 0. The van der Waals surface area contributed by atoms with E-state index in [1.54, 1.807) is 11.8 Å². The fraction of sp³-hybridized carbons (Fsp3) is 0.857. The number of aliphatic carboxylic acids is 1. The first kappa shape index (κ1) is 14.3. The lowest BCUT2D eigenvalue weighted by molar-refractivity contribution is -0.149. The minimum atomic E-state index is -0.838. The van der Waals surface area contributed by atoms with Crippen LogP contribution in [-0.4, -0.2) is 46.2 Å². The molecule has 0 aromatic heterocycles. The van der Waals surface area contributed by atoms with Gasteiger partial charge in [-0.25, -0.2) is 0 Å². The van der Waals surface area contributed by atoms with E-state index < -0.39 is 11.9 Å². The number of aliphatic hydroxyl groups excluding tert-OH is 1. The molecule has 2 N–H and O–H groups in total. The molecule has 1 aliphatic heterocycles. The van der Waals surface area contributed by atoms with Gasteiger partial charge in [0.25, 0.3) is 0 Å². The van der Waals surface area contributed by atoms with Gasteiger partial charge in [0.1, 0.15) is 0 Å². The highest BCUT2D eigenvalue weighted by molar-refractivity contribution is 5.85. The van der Waals surface area contributed by atoms with E-state index >= 15 is 0 Å². The van der Waals surface area contributed by atoms with Gasteiger partial charge in [-0.1, -0.05) is 6.42 Å². The van der Waals surface area contributed by atoms with Gasteiger partial charge in [0.05, 0.1) is 17.9 Å². The molecule has 5 nitrogen and oxygen atoms in total. The number of carbonyl (C=O) groups is 2. The summed E-state index contributed by atoms with van der Waals surface area (Å²) < 4.78 is 0. The molecule has 3 atom stereocenters. The molecule has 0 aromatic carbocycles. The number of nitrogens with zero attached hydrogens (tertiary/aromatic N) is 1. The van der Waals surface area contributed by atoms with Crippen molar-refractivity contribution in [2.75, 3.05) is 13.1 Å². The molecule has 19 heavy (non-hydrogen) atoms. The van der Waals surface area contributed by atoms with Crippen LogP contribution in [0.15, 0.2) is 0 Å². The number of carbonyl (C=O) groups excluding carboxylic acids is 1. The van der Waals surface area contributed by atoms with Crippen LogP contribution in [0.4, 0.5) is 0 Å². The molecule has 5 heteroatoms. The first-order chi connectivity index (χ1) is 9.00. The van der Waals surface area contributed by atoms with Crippen LogP contribution in [0.2, 0.25) is 0 Å². The van der Waals surface area contributed by atoms with Crippen LogP contribution in [0, 0.1) is 17.8 Å². The Morgan fingerprint density at radius 2 is 1.68 bits per heavy atom. The fourth-order valence-electron chi connectivity index (χ4n) is 3.39. The Labute approximate surface area is 113 Å². The summed E-state index contributed by atoms with van der Waals surface area (Å²) in [5.41, 5.74) is 0. The number of piperidine rings is 1. The van der Waals surface area contributed by atoms with Crippen molar-refractivity contribution >= 4 is 11.9 Å². The number of aliphatic hydroxyl groups is 1. The van der Waals surface area contributed by atoms with Crippen LogP contribution >= 0.6 is 0 Å². The molecule has 108 valence electrons. The molecule has 2 aliphatic rings. The highest BCUT2D eigenvalue weighted by atomic mass is 16.4. The van der Waals surface area contributed by atoms with Gasteiger partial charge in [0, 0.05) is 13.1 Å². The summed E-state index contributed by atoms with van der Waals surface area (Å²) in [7, 11) is 0. The second-order valence-corrected chi connectivity index (χ2v) is 5.89. The normalized spacial score (nSPS) is 30.3. The van der Waals surface area contributed by atoms with Gasteiger partial charge in [-0.15, -0.1) is 0 Å². The van der Waals surface area contributed by atoms with Gasteiger partial charge >= 0.3 is 5.97 Å². The number of likely N-dealkylation sites (tertiary alicyclic amines) is 1. The van der Waals surface area contributed by atoms with E-state index in [9.17, 15) is 14.7 Å². The minimum absolute atomic E-state index is 0.00828. The number of carboxylic acid groups (broad SMARTS) is 1. The lowest BCUT2D eigenvalue weighted by Crippen LogP contribution is -2.45. The van der Waals surface area contributed by atoms with Crippen molar-refractivity contribution in [3.63, 3.8) is 0 Å². The smallest absolute Gasteiger partial charge is 0.307 e. The van der Waals surface area contributed by atoms with Crippen molar-refractivity contribution in [3.05, 3.63) is 0 Å². The maximum absolute atomic E-state index is 12.4. The van der Waals surface area contributed by atoms with Crippen LogP contribution in [0.5, 0.6) is 0 Å². The van der Waals surface area contributed by atoms with Crippen LogP contribution < -0.4 is 0 Å². The summed E-state index contributed by atoms with van der Waals surface area (Å²) in [5, 5.41) is 18.7. The Balaban J connectivity index is 1.92. The zero-order valence-corrected chi connectivity index (χ0v) is 11.4. The number of hydrogen-bond acceptors (Lipinski definition) is 3. The Hall–Kier alpha value is -1.10. The molecule has 0 bridgehead atoms. The average Bonchev–Trinajstić information content (AvgIpc) is 2.87. The molecular formula is C14H23NO4. The fourth-order valence-corrected chi connectivity index (χ4v) is 3.39. The van der Waals surface area contributed by atoms with Crippen LogP contribution in [-0.2, 0) is 9.59 Å². The third-order valence-electron chi connectivity index (χ3n) is 4.68. The van der Waals surface area contributed by atoms with E-state index in [0.29, 0.717) is 25.9 Å². The number of carboxylic acids is 1. The molecule has 2 fully saturated rings. The first-order valence-corrected chi connectivity index (χ1v) is 7.20. The number of amides is 1. The third kappa shape index (κ3) is 3.08. The highest BCUT2D eigenvalue weighted by Gasteiger charge is 2.40. The first-order valence-electron chi connectivity index (χ1n) is 7.20. The minimum Gasteiger partial charge on any atom is -0.481 e. The second kappa shape index (κ2) is 5.90. The summed E-state index contributed by atoms with van der Waals surface area (Å²) in [6.07, 6.45) is 3.46. The Morgan fingerprint density at radius 3 is 2.21 bits per heavy atom. The van der Waals surface area contributed by atoms with Crippen molar-refractivity contribution in [1.82, 2.24) is 4.90 Å². The second-order valence-electron chi connectivity index (χ2n) is 5.89. The zero-order valence-electron chi connectivity index (χ0n) is 11.4. The molecule has 0 radical (unpaired) electrons. The average molecular weight is 269 g/mol. The lowest BCUT2D eigenvalue weighted by Gasteiger charge is -2.35. The van der Waals surface area contributed by atoms with Crippen molar-refractivity contribution in [2.45, 2.75) is 45.1 Å². The van der Waals surface area contributed by atoms with Crippen LogP contribution in [0.3, 0.4) is 0 Å². The van der Waals surface area contributed by atoms with E-state index in [4.69, 9.17) is 5.11 Å². The van der Waals surface area contributed by atoms with Crippen molar-refractivity contribution in [1.29, 1.82) is 0 Å². The summed E-state index contributed by atoms with van der Waals surface area (Å²) in [5.74, 6) is -1.39. The van der Waals surface area contributed by atoms with Gasteiger partial charge in [-0.3, -0.25) is 9.59 Å². The Bertz CT molecular complexity index is 347. The largest absolute Gasteiger partial charge is 0.481 e. The lowest BCUT2D eigenvalue weighted by atomic mass is 9.89. The molecular weight excluding hydrogens is 246 g/mol. The quantitative estimate of drug-likeness (QED) is 0.804. The molecule has 0 aromatic rings. The van der Waals surface area contributed by atoms with E-state index in [2.05, 4.69) is 0 Å². The van der Waals surface area contributed by atoms with Crippen molar-refractivity contribution in [3.8, 4) is 0 Å². The van der Waals surface area contributed by atoms with Gasteiger partial charge in [-0.2, -0.15) is 0 Å². The molecule has 2 rings (SSSR count). The van der Waals surface area contributed by atoms with Gasteiger partial charge in [0.15, 0.2) is 0 Å². The van der Waals surface area contributed by atoms with Crippen molar-refractivity contribution in [2.24, 2.45) is 17.8 Å². The van der Waals surface area contributed by atoms with Crippen molar-refractivity contribution < 1.29 is 19.8 Å². The third-order valence-corrected chi connectivity index (χ3v) is 4.68. The number of hydrogen-bond donors (Lipinski definition) is 2. The predicted octanol–water partition coefficient (Wildman–Crippen LogP) is 1.11. The molecule has 0 spiro atoms. The Morgan fingerprint density at radius 1 is 1.11 bits per heavy atom. The van der Waals surface area contributed by atoms with Gasteiger partial charge < -0.3 is 15.1 Å². The molecule has 1 saturated heterocycles. The summed E-state index contributed by atoms with van der Waals surface area (Å²) in [6.45, 7) is 3.09. The highest BCUT2D eigenvalue weighted by Crippen LogP contribution is 2.34. The monoisotopic (exact) mass is 269 g/mol. The van der Waals surface area contributed by atoms with Crippen LogP contribution in [0.25, 0.3) is 0 Å². The van der Waals surface area contributed by atoms with Gasteiger partial charge in [-0.05, 0) is 38.5 Å². The van der Waals surface area contributed by atoms with E-state index in [1.807, 2.05) is 0 Å². The van der Waals surface area contributed by atoms with Gasteiger partial charge in [0.2, 0.25) is 5.91 Å². The molecule has 1 saturated carbocycles. The molecule has 3 unspecified atom stereocenters. The SMILES string of the molecule is CC(O)C1CCN(C(=O)C2CCCC2C(=O)O)CC1.